The predicted molar refractivity (Wildman–Crippen MR) is 57.2 cm³/mol. The van der Waals surface area contributed by atoms with Crippen LogP contribution >= 0.6 is 0 Å². The maximum atomic E-state index is 2.27. The van der Waals surface area contributed by atoms with Crippen LogP contribution in [0.2, 0.25) is 0 Å². The van der Waals surface area contributed by atoms with E-state index in [0.717, 1.165) is 6.42 Å². The maximum Gasteiger partial charge on any atom is 0.0129 e. The van der Waals surface area contributed by atoms with Crippen molar-refractivity contribution >= 4 is 0 Å². The van der Waals surface area contributed by atoms with Gasteiger partial charge in [0.15, 0.2) is 0 Å². The summed E-state index contributed by atoms with van der Waals surface area (Å²) in [5, 5.41) is 0. The molecule has 0 heterocycles. The Labute approximate surface area is 76.7 Å². The van der Waals surface area contributed by atoms with Crippen LogP contribution in [-0.2, 0) is 0 Å². The molecule has 0 amide bonds. The van der Waals surface area contributed by atoms with Crippen molar-refractivity contribution in [1.82, 2.24) is 0 Å². The average molecular weight is 164 g/mol. The highest BCUT2D eigenvalue weighted by Gasteiger charge is 1.92. The molecular formula is C12H20. The van der Waals surface area contributed by atoms with Crippen LogP contribution in [0.15, 0.2) is 36.0 Å². The second kappa shape index (κ2) is 6.90. The topological polar surface area (TPSA) is 0 Å². The molecule has 0 saturated heterocycles. The Balaban J connectivity index is 4.23. The van der Waals surface area contributed by atoms with Crippen LogP contribution in [0.5, 0.6) is 0 Å². The van der Waals surface area contributed by atoms with Gasteiger partial charge in [-0.05, 0) is 27.2 Å². The molecule has 0 aromatic heterocycles. The number of rotatable bonds is 4. The molecule has 0 saturated carbocycles. The van der Waals surface area contributed by atoms with E-state index in [1.807, 2.05) is 0 Å². The van der Waals surface area contributed by atoms with E-state index in [0.29, 0.717) is 5.92 Å². The summed E-state index contributed by atoms with van der Waals surface area (Å²) >= 11 is 0. The summed E-state index contributed by atoms with van der Waals surface area (Å²) in [4.78, 5) is 0. The summed E-state index contributed by atoms with van der Waals surface area (Å²) in [6.45, 7) is 8.49. The second-order valence-corrected chi connectivity index (χ2v) is 3.18. The van der Waals surface area contributed by atoms with Crippen molar-refractivity contribution in [2.75, 3.05) is 0 Å². The van der Waals surface area contributed by atoms with Crippen LogP contribution in [0.3, 0.4) is 0 Å². The molecule has 0 aliphatic heterocycles. The standard InChI is InChI=1S/C12H20/c1-5-7-9-12(8-6-2)10-11(3)4/h6-10,12H,5H2,1-4H3. The smallest absolute Gasteiger partial charge is 0.0129 e. The lowest BCUT2D eigenvalue weighted by Gasteiger charge is -2.00. The molecule has 1 atom stereocenters. The zero-order valence-corrected chi connectivity index (χ0v) is 8.67. The number of hydrogen-bond acceptors (Lipinski definition) is 0. The minimum absolute atomic E-state index is 0.486. The Morgan fingerprint density at radius 2 is 1.92 bits per heavy atom. The summed E-state index contributed by atoms with van der Waals surface area (Å²) < 4.78 is 0. The minimum atomic E-state index is 0.486. The normalized spacial score (nSPS) is 14.0. The summed E-state index contributed by atoms with van der Waals surface area (Å²) in [7, 11) is 0. The molecule has 68 valence electrons. The largest absolute Gasteiger partial charge is 0.0908 e. The maximum absolute atomic E-state index is 2.27. The molecule has 0 fully saturated rings. The Kier molecular flexibility index (Phi) is 6.45. The number of hydrogen-bond donors (Lipinski definition) is 0. The van der Waals surface area contributed by atoms with Crippen molar-refractivity contribution in [3.05, 3.63) is 36.0 Å². The molecular weight excluding hydrogens is 144 g/mol. The summed E-state index contributed by atoms with van der Waals surface area (Å²) in [5.74, 6) is 0.486. The number of allylic oxidation sites excluding steroid dienone is 6. The third kappa shape index (κ3) is 5.96. The predicted octanol–water partition coefficient (Wildman–Crippen LogP) is 4.11. The van der Waals surface area contributed by atoms with Crippen molar-refractivity contribution < 1.29 is 0 Å². The van der Waals surface area contributed by atoms with E-state index in [4.69, 9.17) is 0 Å². The van der Waals surface area contributed by atoms with Crippen molar-refractivity contribution in [3.8, 4) is 0 Å². The van der Waals surface area contributed by atoms with Crippen LogP contribution in [0.4, 0.5) is 0 Å². The second-order valence-electron chi connectivity index (χ2n) is 3.18. The third-order valence-electron chi connectivity index (χ3n) is 1.53. The lowest BCUT2D eigenvalue weighted by Crippen LogP contribution is -1.86. The van der Waals surface area contributed by atoms with Crippen LogP contribution in [0.25, 0.3) is 0 Å². The van der Waals surface area contributed by atoms with Gasteiger partial charge in [0.1, 0.15) is 0 Å². The van der Waals surface area contributed by atoms with Gasteiger partial charge in [0.05, 0.1) is 0 Å². The van der Waals surface area contributed by atoms with Gasteiger partial charge in [-0.15, -0.1) is 0 Å². The van der Waals surface area contributed by atoms with Gasteiger partial charge in [0, 0.05) is 5.92 Å². The van der Waals surface area contributed by atoms with E-state index >= 15 is 0 Å². The fraction of sp³-hybridized carbons (Fsp3) is 0.500. The molecule has 0 rings (SSSR count). The van der Waals surface area contributed by atoms with Crippen molar-refractivity contribution in [1.29, 1.82) is 0 Å². The van der Waals surface area contributed by atoms with Gasteiger partial charge < -0.3 is 0 Å². The fourth-order valence-corrected chi connectivity index (χ4v) is 1.08. The first kappa shape index (κ1) is 11.2. The van der Waals surface area contributed by atoms with E-state index in [9.17, 15) is 0 Å². The highest BCUT2D eigenvalue weighted by atomic mass is 14.0. The zero-order valence-electron chi connectivity index (χ0n) is 8.67. The highest BCUT2D eigenvalue weighted by molar-refractivity contribution is 5.12. The highest BCUT2D eigenvalue weighted by Crippen LogP contribution is 2.07. The Hall–Kier alpha value is -0.780. The van der Waals surface area contributed by atoms with Crippen LogP contribution in [-0.4, -0.2) is 0 Å². The summed E-state index contributed by atoms with van der Waals surface area (Å²) in [5.41, 5.74) is 1.37. The van der Waals surface area contributed by atoms with Crippen LogP contribution in [0, 0.1) is 5.92 Å². The van der Waals surface area contributed by atoms with Crippen LogP contribution < -0.4 is 0 Å². The molecule has 0 nitrogen and oxygen atoms in total. The Morgan fingerprint density at radius 1 is 1.25 bits per heavy atom. The van der Waals surface area contributed by atoms with Crippen molar-refractivity contribution in [2.24, 2.45) is 5.92 Å². The molecule has 0 aliphatic rings. The first-order valence-corrected chi connectivity index (χ1v) is 4.65. The first-order chi connectivity index (χ1) is 5.70. The molecule has 0 bridgehead atoms. The Bertz CT molecular complexity index is 178. The van der Waals surface area contributed by atoms with Gasteiger partial charge in [0.25, 0.3) is 0 Å². The minimum Gasteiger partial charge on any atom is -0.0908 e. The lowest BCUT2D eigenvalue weighted by atomic mass is 10.1. The average Bonchev–Trinajstić information content (AvgIpc) is 2.00. The van der Waals surface area contributed by atoms with E-state index in [-0.39, 0.29) is 0 Å². The van der Waals surface area contributed by atoms with E-state index in [1.54, 1.807) is 0 Å². The van der Waals surface area contributed by atoms with Crippen LogP contribution in [0.1, 0.15) is 34.1 Å². The third-order valence-corrected chi connectivity index (χ3v) is 1.53. The molecule has 0 radical (unpaired) electrons. The molecule has 0 heteroatoms. The quantitative estimate of drug-likeness (QED) is 0.548. The van der Waals surface area contributed by atoms with E-state index in [1.165, 1.54) is 5.57 Å². The van der Waals surface area contributed by atoms with Gasteiger partial charge in [-0.25, -0.2) is 0 Å². The molecule has 12 heavy (non-hydrogen) atoms. The van der Waals surface area contributed by atoms with Gasteiger partial charge in [-0.3, -0.25) is 0 Å². The molecule has 0 aromatic rings. The zero-order chi connectivity index (χ0) is 9.40. The molecule has 0 spiro atoms. The van der Waals surface area contributed by atoms with Gasteiger partial charge in [-0.2, -0.15) is 0 Å². The Morgan fingerprint density at radius 3 is 2.33 bits per heavy atom. The first-order valence-electron chi connectivity index (χ1n) is 4.65. The fourth-order valence-electron chi connectivity index (χ4n) is 1.08. The van der Waals surface area contributed by atoms with Crippen molar-refractivity contribution in [2.45, 2.75) is 34.1 Å². The summed E-state index contributed by atoms with van der Waals surface area (Å²) in [6, 6.07) is 0. The SMILES string of the molecule is CC=CC(C=CCC)C=C(C)C. The molecule has 0 aromatic carbocycles. The molecule has 1 unspecified atom stereocenters. The lowest BCUT2D eigenvalue weighted by molar-refractivity contribution is 1.02. The van der Waals surface area contributed by atoms with E-state index < -0.39 is 0 Å². The molecule has 0 aliphatic carbocycles. The van der Waals surface area contributed by atoms with Crippen molar-refractivity contribution in [3.63, 3.8) is 0 Å². The van der Waals surface area contributed by atoms with E-state index in [2.05, 4.69) is 58.1 Å². The van der Waals surface area contributed by atoms with Gasteiger partial charge >= 0.3 is 0 Å². The summed E-state index contributed by atoms with van der Waals surface area (Å²) in [6.07, 6.45) is 12.1. The monoisotopic (exact) mass is 164 g/mol. The van der Waals surface area contributed by atoms with Gasteiger partial charge in [-0.1, -0.05) is 42.9 Å². The molecule has 0 N–H and O–H groups in total. The van der Waals surface area contributed by atoms with Gasteiger partial charge in [0.2, 0.25) is 0 Å².